The first-order chi connectivity index (χ1) is 9.70. The van der Waals surface area contributed by atoms with Gasteiger partial charge in [-0.05, 0) is 30.0 Å². The van der Waals surface area contributed by atoms with Crippen LogP contribution >= 0.6 is 11.8 Å². The van der Waals surface area contributed by atoms with Crippen molar-refractivity contribution in [2.24, 2.45) is 5.73 Å². The molecule has 1 aromatic heterocycles. The summed E-state index contributed by atoms with van der Waals surface area (Å²) in [6.45, 7) is 0. The molecule has 0 saturated carbocycles. The topological polar surface area (TPSA) is 126 Å². The van der Waals surface area contributed by atoms with Crippen molar-refractivity contribution in [3.05, 3.63) is 29.6 Å². The van der Waals surface area contributed by atoms with E-state index < -0.39 is 17.9 Å². The lowest BCUT2D eigenvalue weighted by molar-refractivity contribution is -0.146. The minimum absolute atomic E-state index is 0.160. The van der Waals surface area contributed by atoms with Crippen molar-refractivity contribution in [3.8, 4) is 0 Å². The van der Waals surface area contributed by atoms with Gasteiger partial charge in [-0.3, -0.25) is 4.79 Å². The maximum absolute atomic E-state index is 12.5. The van der Waals surface area contributed by atoms with Crippen molar-refractivity contribution in [3.63, 3.8) is 0 Å². The summed E-state index contributed by atoms with van der Waals surface area (Å²) in [5.74, 6) is 3.31. The molecule has 0 bridgehead atoms. The molecule has 7 nitrogen and oxygen atoms in total. The average Bonchev–Trinajstić information content (AvgIpc) is 2.73. The Labute approximate surface area is 120 Å². The summed E-state index contributed by atoms with van der Waals surface area (Å²) in [4.78, 5) is 11.3. The smallest absolute Gasteiger partial charge is 0.398 e. The lowest BCUT2D eigenvalue weighted by Gasteiger charge is -2.07. The first-order valence-electron chi connectivity index (χ1n) is 5.35. The fraction of sp³-hybridized carbons (Fsp3) is 0.100. The molecule has 0 saturated heterocycles. The van der Waals surface area contributed by atoms with Crippen molar-refractivity contribution >= 4 is 23.4 Å². The van der Waals surface area contributed by atoms with Gasteiger partial charge in [0.25, 0.3) is 5.82 Å². The van der Waals surface area contributed by atoms with Crippen LogP contribution in [0.4, 0.5) is 18.9 Å². The molecule has 1 heterocycles. The number of carbonyl (C=O) groups excluding carboxylic acids is 1. The molecular weight excluding hydrogens is 309 g/mol. The van der Waals surface area contributed by atoms with Crippen LogP contribution in [0.25, 0.3) is 0 Å². The molecule has 21 heavy (non-hydrogen) atoms. The van der Waals surface area contributed by atoms with Crippen molar-refractivity contribution in [1.29, 1.82) is 0 Å². The van der Waals surface area contributed by atoms with Crippen molar-refractivity contribution in [2.45, 2.75) is 16.2 Å². The fourth-order valence-corrected chi connectivity index (χ4v) is 2.21. The van der Waals surface area contributed by atoms with E-state index >= 15 is 0 Å². The molecule has 1 amide bonds. The maximum atomic E-state index is 12.5. The van der Waals surface area contributed by atoms with E-state index in [4.69, 9.17) is 17.3 Å². The molecule has 0 aliphatic rings. The standard InChI is InChI=1S/C10H9F3N6OS/c11-10(12,13)8-17-18-9(19(8)16)21-6-2-1-4(7(15)20)3-5(6)14/h1-3H,14,16H2,(H2,15,20). The van der Waals surface area contributed by atoms with Crippen LogP contribution < -0.4 is 17.3 Å². The third-order valence-electron chi connectivity index (χ3n) is 2.41. The zero-order valence-corrected chi connectivity index (χ0v) is 11.1. The summed E-state index contributed by atoms with van der Waals surface area (Å²) in [6, 6.07) is 4.14. The summed E-state index contributed by atoms with van der Waals surface area (Å²) in [6.07, 6.45) is -4.71. The number of amides is 1. The molecule has 0 spiro atoms. The van der Waals surface area contributed by atoms with Crippen molar-refractivity contribution in [2.75, 3.05) is 11.6 Å². The summed E-state index contributed by atoms with van der Waals surface area (Å²) in [5, 5.41) is 6.15. The number of nitrogen functional groups attached to an aromatic ring is 2. The normalized spacial score (nSPS) is 11.6. The van der Waals surface area contributed by atoms with Gasteiger partial charge in [0.1, 0.15) is 0 Å². The number of anilines is 1. The largest absolute Gasteiger partial charge is 0.453 e. The van der Waals surface area contributed by atoms with E-state index in [-0.39, 0.29) is 16.4 Å². The van der Waals surface area contributed by atoms with Crippen LogP contribution in [0.5, 0.6) is 0 Å². The highest BCUT2D eigenvalue weighted by Gasteiger charge is 2.38. The lowest BCUT2D eigenvalue weighted by atomic mass is 10.2. The zero-order valence-electron chi connectivity index (χ0n) is 10.3. The van der Waals surface area contributed by atoms with Crippen LogP contribution in [0.15, 0.2) is 28.3 Å². The van der Waals surface area contributed by atoms with Gasteiger partial charge in [0.2, 0.25) is 11.1 Å². The Morgan fingerprint density at radius 1 is 1.29 bits per heavy atom. The highest BCUT2D eigenvalue weighted by atomic mass is 32.2. The van der Waals surface area contributed by atoms with E-state index in [1.807, 2.05) is 0 Å². The van der Waals surface area contributed by atoms with Gasteiger partial charge in [0.05, 0.1) is 0 Å². The second kappa shape index (κ2) is 5.16. The van der Waals surface area contributed by atoms with Gasteiger partial charge in [0, 0.05) is 16.1 Å². The molecule has 0 aliphatic carbocycles. The molecule has 6 N–H and O–H groups in total. The predicted molar refractivity (Wildman–Crippen MR) is 68.7 cm³/mol. The van der Waals surface area contributed by atoms with E-state index in [1.165, 1.54) is 18.2 Å². The molecule has 11 heteroatoms. The molecule has 0 radical (unpaired) electrons. The highest BCUT2D eigenvalue weighted by molar-refractivity contribution is 7.99. The number of primary amides is 1. The third-order valence-corrected chi connectivity index (χ3v) is 3.47. The predicted octanol–water partition coefficient (Wildman–Crippen LogP) is 0.843. The Balaban J connectivity index is 2.31. The molecule has 0 atom stereocenters. The molecule has 112 valence electrons. The van der Waals surface area contributed by atoms with Crippen molar-refractivity contribution < 1.29 is 18.0 Å². The average molecular weight is 318 g/mol. The third kappa shape index (κ3) is 3.02. The lowest BCUT2D eigenvalue weighted by Crippen LogP contribution is -2.21. The van der Waals surface area contributed by atoms with Gasteiger partial charge in [-0.2, -0.15) is 13.2 Å². The summed E-state index contributed by atoms with van der Waals surface area (Å²) in [7, 11) is 0. The second-order valence-corrected chi connectivity index (χ2v) is 4.90. The number of nitrogens with zero attached hydrogens (tertiary/aromatic N) is 3. The first-order valence-corrected chi connectivity index (χ1v) is 6.16. The number of nitrogens with two attached hydrogens (primary N) is 3. The number of alkyl halides is 3. The Bertz CT molecular complexity index is 699. The van der Waals surface area contributed by atoms with Crippen LogP contribution in [-0.2, 0) is 6.18 Å². The van der Waals surface area contributed by atoms with Crippen LogP contribution in [0, 0.1) is 0 Å². The minimum atomic E-state index is -4.71. The van der Waals surface area contributed by atoms with Gasteiger partial charge in [-0.25, -0.2) is 4.68 Å². The molecule has 0 aliphatic heterocycles. The Morgan fingerprint density at radius 2 is 1.95 bits per heavy atom. The van der Waals surface area contributed by atoms with Crippen LogP contribution in [-0.4, -0.2) is 20.8 Å². The molecule has 1 aromatic carbocycles. The van der Waals surface area contributed by atoms with Crippen LogP contribution in [0.1, 0.15) is 16.2 Å². The van der Waals surface area contributed by atoms with Crippen LogP contribution in [0.2, 0.25) is 0 Å². The summed E-state index contributed by atoms with van der Waals surface area (Å²) < 4.78 is 37.9. The van der Waals surface area contributed by atoms with E-state index in [9.17, 15) is 18.0 Å². The highest BCUT2D eigenvalue weighted by Crippen LogP contribution is 2.34. The molecule has 0 unspecified atom stereocenters. The SMILES string of the molecule is NC(=O)c1ccc(Sc2nnc(C(F)(F)F)n2N)c(N)c1. The number of halogens is 3. The first kappa shape index (κ1) is 15.0. The van der Waals surface area contributed by atoms with Gasteiger partial charge >= 0.3 is 6.18 Å². The van der Waals surface area contributed by atoms with Gasteiger partial charge in [-0.1, -0.05) is 0 Å². The van der Waals surface area contributed by atoms with E-state index in [0.29, 0.717) is 9.57 Å². The van der Waals surface area contributed by atoms with Gasteiger partial charge in [-0.15, -0.1) is 10.2 Å². The summed E-state index contributed by atoms with van der Waals surface area (Å²) >= 11 is 0.785. The minimum Gasteiger partial charge on any atom is -0.398 e. The monoisotopic (exact) mass is 318 g/mol. The molecule has 2 rings (SSSR count). The Morgan fingerprint density at radius 3 is 2.43 bits per heavy atom. The second-order valence-electron chi connectivity index (χ2n) is 3.89. The number of rotatable bonds is 3. The number of aromatic nitrogens is 3. The molecular formula is C10H9F3N6OS. The molecule has 2 aromatic rings. The zero-order chi connectivity index (χ0) is 15.8. The quantitative estimate of drug-likeness (QED) is 0.569. The van der Waals surface area contributed by atoms with Gasteiger partial charge in [0.15, 0.2) is 0 Å². The van der Waals surface area contributed by atoms with Gasteiger partial charge < -0.3 is 17.3 Å². The Kier molecular flexibility index (Phi) is 3.68. The Hall–Kier alpha value is -2.43. The number of hydrogen-bond donors (Lipinski definition) is 3. The number of carbonyl (C=O) groups is 1. The van der Waals surface area contributed by atoms with E-state index in [2.05, 4.69) is 10.2 Å². The van der Waals surface area contributed by atoms with Crippen LogP contribution in [0.3, 0.4) is 0 Å². The molecule has 0 fully saturated rings. The fourth-order valence-electron chi connectivity index (χ4n) is 1.43. The number of hydrogen-bond acceptors (Lipinski definition) is 6. The van der Waals surface area contributed by atoms with E-state index in [1.54, 1.807) is 0 Å². The summed E-state index contributed by atoms with van der Waals surface area (Å²) in [5.41, 5.74) is 11.1. The number of benzene rings is 1. The van der Waals surface area contributed by atoms with E-state index in [0.717, 1.165) is 11.8 Å². The maximum Gasteiger partial charge on any atom is 0.453 e. The van der Waals surface area contributed by atoms with Crippen molar-refractivity contribution in [1.82, 2.24) is 14.9 Å².